The summed E-state index contributed by atoms with van der Waals surface area (Å²) in [4.78, 5) is 10.9. The van der Waals surface area contributed by atoms with E-state index in [1.165, 1.54) is 0 Å². The van der Waals surface area contributed by atoms with Crippen molar-refractivity contribution in [3.8, 4) is 0 Å². The summed E-state index contributed by atoms with van der Waals surface area (Å²) in [5.74, 6) is -0.462. The van der Waals surface area contributed by atoms with Gasteiger partial charge in [-0.3, -0.25) is 4.79 Å². The standard InChI is InChI=1S/C9H10BrNO2/c10-7-1-2-8(9(11)13)6(5-7)3-4-12/h1-2,5,12H,3-4H2,(H2,11,13). The zero-order chi connectivity index (χ0) is 9.84. The molecular weight excluding hydrogens is 234 g/mol. The highest BCUT2D eigenvalue weighted by Crippen LogP contribution is 2.16. The van der Waals surface area contributed by atoms with E-state index in [1.807, 2.05) is 0 Å². The fourth-order valence-corrected chi connectivity index (χ4v) is 1.54. The molecule has 0 heterocycles. The molecule has 3 N–H and O–H groups in total. The van der Waals surface area contributed by atoms with E-state index in [0.29, 0.717) is 12.0 Å². The molecule has 0 unspecified atom stereocenters. The minimum Gasteiger partial charge on any atom is -0.396 e. The van der Waals surface area contributed by atoms with Crippen LogP contribution in [0.5, 0.6) is 0 Å². The van der Waals surface area contributed by atoms with Gasteiger partial charge in [-0.2, -0.15) is 0 Å². The highest BCUT2D eigenvalue weighted by molar-refractivity contribution is 9.10. The number of halogens is 1. The molecule has 1 rings (SSSR count). The molecule has 0 aliphatic carbocycles. The maximum absolute atomic E-state index is 10.9. The lowest BCUT2D eigenvalue weighted by molar-refractivity contribution is 0.0999. The van der Waals surface area contributed by atoms with Crippen molar-refractivity contribution in [1.29, 1.82) is 0 Å². The smallest absolute Gasteiger partial charge is 0.248 e. The van der Waals surface area contributed by atoms with Crippen molar-refractivity contribution < 1.29 is 9.90 Å². The maximum Gasteiger partial charge on any atom is 0.248 e. The Morgan fingerprint density at radius 2 is 2.23 bits per heavy atom. The van der Waals surface area contributed by atoms with Crippen LogP contribution in [-0.2, 0) is 6.42 Å². The van der Waals surface area contributed by atoms with Gasteiger partial charge in [0.25, 0.3) is 0 Å². The highest BCUT2D eigenvalue weighted by Gasteiger charge is 2.07. The van der Waals surface area contributed by atoms with Gasteiger partial charge < -0.3 is 10.8 Å². The van der Waals surface area contributed by atoms with E-state index >= 15 is 0 Å². The van der Waals surface area contributed by atoms with Crippen LogP contribution in [0, 0.1) is 0 Å². The van der Waals surface area contributed by atoms with Crippen LogP contribution in [-0.4, -0.2) is 17.6 Å². The van der Waals surface area contributed by atoms with Crippen LogP contribution in [0.25, 0.3) is 0 Å². The Balaban J connectivity index is 3.10. The number of nitrogens with two attached hydrogens (primary N) is 1. The van der Waals surface area contributed by atoms with E-state index in [-0.39, 0.29) is 6.61 Å². The van der Waals surface area contributed by atoms with Gasteiger partial charge in [-0.25, -0.2) is 0 Å². The molecule has 4 heteroatoms. The van der Waals surface area contributed by atoms with Crippen LogP contribution in [0.2, 0.25) is 0 Å². The number of rotatable bonds is 3. The topological polar surface area (TPSA) is 63.3 Å². The quantitative estimate of drug-likeness (QED) is 0.835. The fourth-order valence-electron chi connectivity index (χ4n) is 1.13. The fraction of sp³-hybridized carbons (Fsp3) is 0.222. The largest absolute Gasteiger partial charge is 0.396 e. The molecule has 70 valence electrons. The Bertz CT molecular complexity index is 325. The first-order chi connectivity index (χ1) is 6.15. The normalized spacial score (nSPS) is 10.0. The molecule has 0 saturated heterocycles. The second-order valence-electron chi connectivity index (χ2n) is 2.64. The van der Waals surface area contributed by atoms with E-state index in [9.17, 15) is 4.79 Å². The molecular formula is C9H10BrNO2. The number of aliphatic hydroxyl groups is 1. The van der Waals surface area contributed by atoms with E-state index in [0.717, 1.165) is 10.0 Å². The second-order valence-corrected chi connectivity index (χ2v) is 3.56. The average molecular weight is 244 g/mol. The average Bonchev–Trinajstić information content (AvgIpc) is 2.04. The van der Waals surface area contributed by atoms with Gasteiger partial charge in [-0.05, 0) is 30.2 Å². The van der Waals surface area contributed by atoms with E-state index in [2.05, 4.69) is 15.9 Å². The van der Waals surface area contributed by atoms with Gasteiger partial charge in [-0.15, -0.1) is 0 Å². The van der Waals surface area contributed by atoms with Crippen LogP contribution < -0.4 is 5.73 Å². The van der Waals surface area contributed by atoms with E-state index in [1.54, 1.807) is 18.2 Å². The van der Waals surface area contributed by atoms with Gasteiger partial charge in [0.1, 0.15) is 0 Å². The molecule has 0 bridgehead atoms. The van der Waals surface area contributed by atoms with Crippen molar-refractivity contribution in [3.63, 3.8) is 0 Å². The Morgan fingerprint density at radius 1 is 1.54 bits per heavy atom. The molecule has 1 aromatic carbocycles. The first-order valence-electron chi connectivity index (χ1n) is 3.84. The first-order valence-corrected chi connectivity index (χ1v) is 4.63. The van der Waals surface area contributed by atoms with Crippen molar-refractivity contribution in [1.82, 2.24) is 0 Å². The summed E-state index contributed by atoms with van der Waals surface area (Å²) in [6, 6.07) is 5.19. The lowest BCUT2D eigenvalue weighted by atomic mass is 10.0. The molecule has 1 amide bonds. The monoisotopic (exact) mass is 243 g/mol. The van der Waals surface area contributed by atoms with Gasteiger partial charge >= 0.3 is 0 Å². The number of carbonyl (C=O) groups excluding carboxylic acids is 1. The first kappa shape index (κ1) is 10.2. The molecule has 0 aliphatic rings. The number of benzene rings is 1. The lowest BCUT2D eigenvalue weighted by Crippen LogP contribution is -2.14. The Hall–Kier alpha value is -0.870. The number of hydrogen-bond acceptors (Lipinski definition) is 2. The minimum absolute atomic E-state index is 0.0106. The number of primary amides is 1. The predicted octanol–water partition coefficient (Wildman–Crippen LogP) is 1.08. The van der Waals surface area contributed by atoms with Crippen molar-refractivity contribution in [3.05, 3.63) is 33.8 Å². The third-order valence-corrected chi connectivity index (χ3v) is 2.21. The molecule has 0 spiro atoms. The van der Waals surface area contributed by atoms with Gasteiger partial charge in [0.15, 0.2) is 0 Å². The maximum atomic E-state index is 10.9. The van der Waals surface area contributed by atoms with Crippen LogP contribution in [0.1, 0.15) is 15.9 Å². The summed E-state index contributed by atoms with van der Waals surface area (Å²) in [7, 11) is 0. The molecule has 3 nitrogen and oxygen atoms in total. The summed E-state index contributed by atoms with van der Waals surface area (Å²) < 4.78 is 0.876. The lowest BCUT2D eigenvalue weighted by Gasteiger charge is -2.04. The van der Waals surface area contributed by atoms with E-state index in [4.69, 9.17) is 10.8 Å². The van der Waals surface area contributed by atoms with E-state index < -0.39 is 5.91 Å². The SMILES string of the molecule is NC(=O)c1ccc(Br)cc1CCO. The summed E-state index contributed by atoms with van der Waals surface area (Å²) in [5, 5.41) is 8.75. The predicted molar refractivity (Wildman–Crippen MR) is 53.4 cm³/mol. The van der Waals surface area contributed by atoms with Crippen molar-refractivity contribution in [2.24, 2.45) is 5.73 Å². The summed E-state index contributed by atoms with van der Waals surface area (Å²) in [6.45, 7) is 0.0106. The molecule has 0 fully saturated rings. The Morgan fingerprint density at radius 3 is 2.77 bits per heavy atom. The zero-order valence-electron chi connectivity index (χ0n) is 6.96. The van der Waals surface area contributed by atoms with Crippen LogP contribution in [0.3, 0.4) is 0 Å². The third-order valence-electron chi connectivity index (χ3n) is 1.71. The van der Waals surface area contributed by atoms with Crippen molar-refractivity contribution >= 4 is 21.8 Å². The van der Waals surface area contributed by atoms with Gasteiger partial charge in [0.2, 0.25) is 5.91 Å². The Kier molecular flexibility index (Phi) is 3.45. The van der Waals surface area contributed by atoms with Crippen LogP contribution >= 0.6 is 15.9 Å². The number of carbonyl (C=O) groups is 1. The third kappa shape index (κ3) is 2.54. The second kappa shape index (κ2) is 4.39. The van der Waals surface area contributed by atoms with Gasteiger partial charge in [0, 0.05) is 16.6 Å². The molecule has 0 atom stereocenters. The minimum atomic E-state index is -0.462. The summed E-state index contributed by atoms with van der Waals surface area (Å²) >= 11 is 3.28. The van der Waals surface area contributed by atoms with Gasteiger partial charge in [-0.1, -0.05) is 15.9 Å². The molecule has 13 heavy (non-hydrogen) atoms. The molecule has 0 aliphatic heterocycles. The highest BCUT2D eigenvalue weighted by atomic mass is 79.9. The summed E-state index contributed by atoms with van der Waals surface area (Å²) in [6.07, 6.45) is 0.442. The van der Waals surface area contributed by atoms with Gasteiger partial charge in [0.05, 0.1) is 0 Å². The molecule has 0 saturated carbocycles. The van der Waals surface area contributed by atoms with Crippen molar-refractivity contribution in [2.45, 2.75) is 6.42 Å². The van der Waals surface area contributed by atoms with Crippen molar-refractivity contribution in [2.75, 3.05) is 6.61 Å². The molecule has 0 radical (unpaired) electrons. The molecule has 1 aromatic rings. The number of hydrogen-bond donors (Lipinski definition) is 2. The van der Waals surface area contributed by atoms with Crippen LogP contribution in [0.4, 0.5) is 0 Å². The van der Waals surface area contributed by atoms with Crippen LogP contribution in [0.15, 0.2) is 22.7 Å². The molecule has 0 aromatic heterocycles. The summed E-state index contributed by atoms with van der Waals surface area (Å²) in [5.41, 5.74) is 6.40. The Labute approximate surface area is 84.7 Å². The number of amides is 1. The zero-order valence-corrected chi connectivity index (χ0v) is 8.54. The number of aliphatic hydroxyl groups excluding tert-OH is 1.